The normalized spacial score (nSPS) is 11.7. The van der Waals surface area contributed by atoms with E-state index in [-0.39, 0.29) is 11.2 Å². The van der Waals surface area contributed by atoms with Crippen molar-refractivity contribution in [2.75, 3.05) is 5.32 Å². The second kappa shape index (κ2) is 9.77. The SMILES string of the molecule is C[C@@H](Sc1nc(-c2ccccc2)cc(-c2ccccc2)n1)C(=O)Nc1ccc(Cl)cc1. The number of nitrogens with zero attached hydrogens (tertiary/aromatic N) is 2. The van der Waals surface area contributed by atoms with Crippen LogP contribution in [0, 0.1) is 0 Å². The first-order valence-corrected chi connectivity index (χ1v) is 11.1. The standard InChI is InChI=1S/C25H20ClN3OS/c1-17(24(30)27-21-14-12-20(26)13-15-21)31-25-28-22(18-8-4-2-5-9-18)16-23(29-25)19-10-6-3-7-11-19/h2-17H,1H3,(H,27,30)/t17-/m1/s1. The van der Waals surface area contributed by atoms with Gasteiger partial charge in [0.05, 0.1) is 16.6 Å². The summed E-state index contributed by atoms with van der Waals surface area (Å²) in [7, 11) is 0. The van der Waals surface area contributed by atoms with Crippen LogP contribution in [0.1, 0.15) is 6.92 Å². The van der Waals surface area contributed by atoms with Gasteiger partial charge in [0.2, 0.25) is 5.91 Å². The summed E-state index contributed by atoms with van der Waals surface area (Å²) in [4.78, 5) is 22.1. The fraction of sp³-hybridized carbons (Fsp3) is 0.0800. The van der Waals surface area contributed by atoms with Crippen molar-refractivity contribution in [2.45, 2.75) is 17.3 Å². The van der Waals surface area contributed by atoms with Gasteiger partial charge in [0.15, 0.2) is 5.16 Å². The van der Waals surface area contributed by atoms with Crippen LogP contribution in [0.3, 0.4) is 0 Å². The Bertz CT molecular complexity index is 1110. The Kier molecular flexibility index (Phi) is 6.65. The molecule has 3 aromatic carbocycles. The van der Waals surface area contributed by atoms with Crippen LogP contribution in [0.2, 0.25) is 5.02 Å². The number of rotatable bonds is 6. The molecule has 0 saturated carbocycles. The third-order valence-corrected chi connectivity index (χ3v) is 5.82. The summed E-state index contributed by atoms with van der Waals surface area (Å²) in [5.74, 6) is -0.123. The molecule has 0 aliphatic heterocycles. The molecular weight excluding hydrogens is 426 g/mol. The number of carbonyl (C=O) groups is 1. The van der Waals surface area contributed by atoms with E-state index in [0.29, 0.717) is 15.9 Å². The predicted molar refractivity (Wildman–Crippen MR) is 128 cm³/mol. The molecule has 0 spiro atoms. The maximum Gasteiger partial charge on any atom is 0.237 e. The highest BCUT2D eigenvalue weighted by atomic mass is 35.5. The number of hydrogen-bond acceptors (Lipinski definition) is 4. The number of hydrogen-bond donors (Lipinski definition) is 1. The van der Waals surface area contributed by atoms with Gasteiger partial charge >= 0.3 is 0 Å². The van der Waals surface area contributed by atoms with E-state index in [1.165, 1.54) is 11.8 Å². The fourth-order valence-electron chi connectivity index (χ4n) is 2.98. The summed E-state index contributed by atoms with van der Waals surface area (Å²) in [5.41, 5.74) is 4.35. The van der Waals surface area contributed by atoms with Crippen molar-refractivity contribution < 1.29 is 4.79 Å². The number of thioether (sulfide) groups is 1. The quantitative estimate of drug-likeness (QED) is 0.269. The Labute approximate surface area is 190 Å². The van der Waals surface area contributed by atoms with E-state index < -0.39 is 0 Å². The van der Waals surface area contributed by atoms with Gasteiger partial charge in [-0.15, -0.1) is 0 Å². The van der Waals surface area contributed by atoms with Crippen molar-refractivity contribution in [3.8, 4) is 22.5 Å². The van der Waals surface area contributed by atoms with Gasteiger partial charge in [-0.3, -0.25) is 4.79 Å². The molecule has 4 aromatic rings. The second-order valence-electron chi connectivity index (χ2n) is 6.91. The minimum atomic E-state index is -0.384. The Hall–Kier alpha value is -3.15. The number of anilines is 1. The molecule has 154 valence electrons. The van der Waals surface area contributed by atoms with E-state index in [1.807, 2.05) is 73.7 Å². The van der Waals surface area contributed by atoms with Crippen molar-refractivity contribution in [3.05, 3.63) is 96.0 Å². The number of benzene rings is 3. The molecule has 1 aromatic heterocycles. The number of aromatic nitrogens is 2. The van der Waals surface area contributed by atoms with E-state index >= 15 is 0 Å². The molecule has 4 nitrogen and oxygen atoms in total. The van der Waals surface area contributed by atoms with Crippen LogP contribution in [0.15, 0.2) is 96.2 Å². The predicted octanol–water partition coefficient (Wildman–Crippen LogP) is 6.58. The lowest BCUT2D eigenvalue weighted by atomic mass is 10.1. The smallest absolute Gasteiger partial charge is 0.237 e. The number of carbonyl (C=O) groups excluding carboxylic acids is 1. The summed E-state index contributed by atoms with van der Waals surface area (Å²) in [6.45, 7) is 1.84. The molecule has 0 aliphatic carbocycles. The van der Waals surface area contributed by atoms with Gasteiger partial charge in [-0.2, -0.15) is 0 Å². The van der Waals surface area contributed by atoms with E-state index in [0.717, 1.165) is 22.5 Å². The first-order valence-electron chi connectivity index (χ1n) is 9.81. The lowest BCUT2D eigenvalue weighted by molar-refractivity contribution is -0.115. The molecule has 1 amide bonds. The van der Waals surface area contributed by atoms with Crippen LogP contribution in [0.4, 0.5) is 5.69 Å². The van der Waals surface area contributed by atoms with Crippen LogP contribution in [-0.4, -0.2) is 21.1 Å². The number of nitrogens with one attached hydrogen (secondary N) is 1. The summed E-state index contributed by atoms with van der Waals surface area (Å²) < 4.78 is 0. The van der Waals surface area contributed by atoms with Crippen molar-refractivity contribution in [1.82, 2.24) is 9.97 Å². The topological polar surface area (TPSA) is 54.9 Å². The van der Waals surface area contributed by atoms with Crippen molar-refractivity contribution >= 4 is 35.0 Å². The highest BCUT2D eigenvalue weighted by molar-refractivity contribution is 8.00. The lowest BCUT2D eigenvalue weighted by Gasteiger charge is -2.13. The molecule has 0 unspecified atom stereocenters. The Balaban J connectivity index is 1.60. The third kappa shape index (κ3) is 5.51. The molecule has 0 fully saturated rings. The van der Waals surface area contributed by atoms with Gasteiger partial charge in [0, 0.05) is 21.8 Å². The van der Waals surface area contributed by atoms with E-state index in [2.05, 4.69) is 5.32 Å². The van der Waals surface area contributed by atoms with E-state index in [9.17, 15) is 4.79 Å². The summed E-state index contributed by atoms with van der Waals surface area (Å²) >= 11 is 7.25. The molecule has 0 radical (unpaired) electrons. The molecule has 0 saturated heterocycles. The molecule has 4 rings (SSSR count). The average molecular weight is 446 g/mol. The van der Waals surface area contributed by atoms with Crippen LogP contribution in [-0.2, 0) is 4.79 Å². The molecular formula is C25H20ClN3OS. The Morgan fingerprint density at radius 2 is 1.35 bits per heavy atom. The van der Waals surface area contributed by atoms with Gasteiger partial charge in [-0.25, -0.2) is 9.97 Å². The highest BCUT2D eigenvalue weighted by Crippen LogP contribution is 2.29. The number of halogens is 1. The molecule has 1 atom stereocenters. The van der Waals surface area contributed by atoms with Gasteiger partial charge < -0.3 is 5.32 Å². The Morgan fingerprint density at radius 3 is 1.87 bits per heavy atom. The van der Waals surface area contributed by atoms with Crippen molar-refractivity contribution in [3.63, 3.8) is 0 Å². The van der Waals surface area contributed by atoms with Gasteiger partial charge in [-0.1, -0.05) is 84.0 Å². The second-order valence-corrected chi connectivity index (χ2v) is 8.65. The average Bonchev–Trinajstić information content (AvgIpc) is 2.81. The lowest BCUT2D eigenvalue weighted by Crippen LogP contribution is -2.22. The maximum absolute atomic E-state index is 12.7. The van der Waals surface area contributed by atoms with Crippen LogP contribution in [0.25, 0.3) is 22.5 Å². The molecule has 6 heteroatoms. The van der Waals surface area contributed by atoms with Crippen LogP contribution in [0.5, 0.6) is 0 Å². The van der Waals surface area contributed by atoms with Crippen LogP contribution < -0.4 is 5.32 Å². The third-order valence-electron chi connectivity index (χ3n) is 4.61. The van der Waals surface area contributed by atoms with Crippen LogP contribution >= 0.6 is 23.4 Å². The molecule has 31 heavy (non-hydrogen) atoms. The first-order chi connectivity index (χ1) is 15.1. The van der Waals surface area contributed by atoms with Gasteiger partial charge in [0.1, 0.15) is 0 Å². The Morgan fingerprint density at radius 1 is 0.839 bits per heavy atom. The van der Waals surface area contributed by atoms with Crippen molar-refractivity contribution in [1.29, 1.82) is 0 Å². The van der Waals surface area contributed by atoms with Gasteiger partial charge in [-0.05, 0) is 37.3 Å². The zero-order valence-electron chi connectivity index (χ0n) is 16.8. The minimum absolute atomic E-state index is 0.123. The van der Waals surface area contributed by atoms with Crippen molar-refractivity contribution in [2.24, 2.45) is 0 Å². The zero-order valence-corrected chi connectivity index (χ0v) is 18.4. The molecule has 1 N–H and O–H groups in total. The number of amides is 1. The first kappa shape index (κ1) is 21.1. The fourth-order valence-corrected chi connectivity index (χ4v) is 3.89. The summed E-state index contributed by atoms with van der Waals surface area (Å²) in [5, 5.41) is 3.70. The van der Waals surface area contributed by atoms with E-state index in [1.54, 1.807) is 24.3 Å². The van der Waals surface area contributed by atoms with Gasteiger partial charge in [0.25, 0.3) is 0 Å². The van der Waals surface area contributed by atoms with E-state index in [4.69, 9.17) is 21.6 Å². The highest BCUT2D eigenvalue weighted by Gasteiger charge is 2.18. The summed E-state index contributed by atoms with van der Waals surface area (Å²) in [6, 6.07) is 29.0. The zero-order chi connectivity index (χ0) is 21.6. The minimum Gasteiger partial charge on any atom is -0.325 e. The maximum atomic E-state index is 12.7. The molecule has 1 heterocycles. The molecule has 0 aliphatic rings. The monoisotopic (exact) mass is 445 g/mol. The molecule has 0 bridgehead atoms. The summed E-state index contributed by atoms with van der Waals surface area (Å²) in [6.07, 6.45) is 0. The largest absolute Gasteiger partial charge is 0.325 e.